The number of nitrogens with one attached hydrogen (secondary N) is 1. The maximum atomic E-state index is 9.69. The maximum absolute atomic E-state index is 9.69. The van der Waals surface area contributed by atoms with Crippen LogP contribution in [0.4, 0.5) is 0 Å². The first-order valence-electron chi connectivity index (χ1n) is 6.81. The highest BCUT2D eigenvalue weighted by molar-refractivity contribution is 5.23. The maximum Gasteiger partial charge on any atom is 0.0652 e. The topological polar surface area (TPSA) is 32.3 Å². The predicted octanol–water partition coefficient (Wildman–Crippen LogP) is 2.84. The van der Waals surface area contributed by atoms with Crippen LogP contribution in [0.1, 0.15) is 31.7 Å². The van der Waals surface area contributed by atoms with Gasteiger partial charge in [0.2, 0.25) is 0 Å². The van der Waals surface area contributed by atoms with Gasteiger partial charge in [0, 0.05) is 0 Å². The number of rotatable bonds is 5. The van der Waals surface area contributed by atoms with Crippen LogP contribution in [0.5, 0.6) is 0 Å². The number of hydrogen-bond donors (Lipinski definition) is 2. The first-order chi connectivity index (χ1) is 8.74. The van der Waals surface area contributed by atoms with Crippen molar-refractivity contribution in [2.75, 3.05) is 13.2 Å². The molecule has 0 amide bonds. The number of aliphatic hydroxyl groups is 1. The Hall–Kier alpha value is -1.12. The van der Waals surface area contributed by atoms with Gasteiger partial charge in [0.1, 0.15) is 0 Å². The summed E-state index contributed by atoms with van der Waals surface area (Å²) in [6.45, 7) is 3.16. The molecule has 0 saturated carbocycles. The van der Waals surface area contributed by atoms with Gasteiger partial charge >= 0.3 is 0 Å². The van der Waals surface area contributed by atoms with Crippen LogP contribution in [0.3, 0.4) is 0 Å². The molecule has 0 saturated heterocycles. The molecule has 2 N–H and O–H groups in total. The molecular formula is C16H23NO. The van der Waals surface area contributed by atoms with E-state index in [4.69, 9.17) is 0 Å². The molecule has 0 spiro atoms. The molecule has 0 bridgehead atoms. The van der Waals surface area contributed by atoms with Crippen molar-refractivity contribution in [1.82, 2.24) is 5.32 Å². The van der Waals surface area contributed by atoms with Crippen molar-refractivity contribution in [1.29, 1.82) is 0 Å². The molecule has 1 aromatic carbocycles. The van der Waals surface area contributed by atoms with Gasteiger partial charge in [-0.2, -0.15) is 0 Å². The van der Waals surface area contributed by atoms with Gasteiger partial charge in [0.15, 0.2) is 0 Å². The summed E-state index contributed by atoms with van der Waals surface area (Å²) in [5.74, 6) is 0.699. The summed E-state index contributed by atoms with van der Waals surface area (Å²) in [6, 6.07) is 10.2. The molecule has 1 aliphatic carbocycles. The number of allylic oxidation sites excluding steroid dienone is 2. The van der Waals surface area contributed by atoms with Crippen LogP contribution in [0, 0.1) is 5.92 Å². The summed E-state index contributed by atoms with van der Waals surface area (Å²) in [6.07, 6.45) is 8.13. The quantitative estimate of drug-likeness (QED) is 0.782. The smallest absolute Gasteiger partial charge is 0.0652 e. The fraction of sp³-hybridized carbons (Fsp3) is 0.500. The van der Waals surface area contributed by atoms with Crippen LogP contribution in [0.15, 0.2) is 42.5 Å². The summed E-state index contributed by atoms with van der Waals surface area (Å²) < 4.78 is 0. The van der Waals surface area contributed by atoms with Gasteiger partial charge in [-0.1, -0.05) is 42.5 Å². The summed E-state index contributed by atoms with van der Waals surface area (Å²) in [5, 5.41) is 13.2. The fourth-order valence-electron chi connectivity index (χ4n) is 2.47. The standard InChI is InChI=1S/C16H23NO/c1-16(13-18,15-10-6-3-7-11-15)17-12-14-8-4-2-5-9-14/h2-4,6-7,10-11,14,17-18H,5,8-9,12-13H2,1H3. The van der Waals surface area contributed by atoms with E-state index in [1.807, 2.05) is 18.2 Å². The molecule has 0 aromatic heterocycles. The lowest BCUT2D eigenvalue weighted by Gasteiger charge is -2.32. The first kappa shape index (κ1) is 13.3. The average molecular weight is 245 g/mol. The molecule has 18 heavy (non-hydrogen) atoms. The Kier molecular flexibility index (Phi) is 4.56. The van der Waals surface area contributed by atoms with Crippen molar-refractivity contribution in [3.05, 3.63) is 48.0 Å². The van der Waals surface area contributed by atoms with Crippen molar-refractivity contribution in [3.63, 3.8) is 0 Å². The van der Waals surface area contributed by atoms with Gasteiger partial charge in [0.05, 0.1) is 12.1 Å². The molecule has 2 heteroatoms. The van der Waals surface area contributed by atoms with Gasteiger partial charge < -0.3 is 10.4 Å². The Morgan fingerprint density at radius 2 is 2.06 bits per heavy atom. The largest absolute Gasteiger partial charge is 0.394 e. The van der Waals surface area contributed by atoms with Crippen molar-refractivity contribution >= 4 is 0 Å². The summed E-state index contributed by atoms with van der Waals surface area (Å²) in [7, 11) is 0. The van der Waals surface area contributed by atoms with Gasteiger partial charge in [-0.3, -0.25) is 0 Å². The summed E-state index contributed by atoms with van der Waals surface area (Å²) >= 11 is 0. The third-order valence-electron chi connectivity index (χ3n) is 3.89. The van der Waals surface area contributed by atoms with Crippen molar-refractivity contribution < 1.29 is 5.11 Å². The van der Waals surface area contributed by atoms with E-state index in [1.54, 1.807) is 0 Å². The first-order valence-corrected chi connectivity index (χ1v) is 6.81. The molecule has 2 nitrogen and oxygen atoms in total. The molecule has 0 radical (unpaired) electrons. The van der Waals surface area contributed by atoms with Gasteiger partial charge in [-0.15, -0.1) is 0 Å². The Morgan fingerprint density at radius 3 is 2.67 bits per heavy atom. The lowest BCUT2D eigenvalue weighted by Crippen LogP contribution is -2.45. The SMILES string of the molecule is CC(CO)(NCC1CC=CCC1)c1ccccc1. The summed E-state index contributed by atoms with van der Waals surface area (Å²) in [5.41, 5.74) is 0.821. The zero-order chi connectivity index (χ0) is 12.8. The third-order valence-corrected chi connectivity index (χ3v) is 3.89. The molecule has 1 aliphatic rings. The lowest BCUT2D eigenvalue weighted by atomic mass is 9.90. The second-order valence-electron chi connectivity index (χ2n) is 5.39. The number of hydrogen-bond acceptors (Lipinski definition) is 2. The Labute approximate surface area is 110 Å². The van der Waals surface area contributed by atoms with E-state index >= 15 is 0 Å². The highest BCUT2D eigenvalue weighted by Crippen LogP contribution is 2.23. The predicted molar refractivity (Wildman–Crippen MR) is 75.4 cm³/mol. The molecular weight excluding hydrogens is 222 g/mol. The van der Waals surface area contributed by atoms with Crippen LogP contribution in [-0.2, 0) is 5.54 Å². The monoisotopic (exact) mass is 245 g/mol. The van der Waals surface area contributed by atoms with Crippen LogP contribution >= 0.6 is 0 Å². The molecule has 0 aliphatic heterocycles. The molecule has 0 fully saturated rings. The molecule has 0 heterocycles. The van der Waals surface area contributed by atoms with Crippen LogP contribution in [-0.4, -0.2) is 18.3 Å². The normalized spacial score (nSPS) is 22.7. The molecule has 2 atom stereocenters. The van der Waals surface area contributed by atoms with Gasteiger partial charge in [-0.05, 0) is 44.2 Å². The van der Waals surface area contributed by atoms with E-state index in [2.05, 4.69) is 36.5 Å². The molecule has 1 aromatic rings. The van der Waals surface area contributed by atoms with Gasteiger partial charge in [0.25, 0.3) is 0 Å². The van der Waals surface area contributed by atoms with Crippen LogP contribution < -0.4 is 5.32 Å². The highest BCUT2D eigenvalue weighted by Gasteiger charge is 2.26. The minimum atomic E-state index is -0.331. The van der Waals surface area contributed by atoms with Crippen molar-refractivity contribution in [2.24, 2.45) is 5.92 Å². The second-order valence-corrected chi connectivity index (χ2v) is 5.39. The second kappa shape index (κ2) is 6.17. The third kappa shape index (κ3) is 3.21. The number of aliphatic hydroxyl groups excluding tert-OH is 1. The van der Waals surface area contributed by atoms with Gasteiger partial charge in [-0.25, -0.2) is 0 Å². The van der Waals surface area contributed by atoms with E-state index in [0.717, 1.165) is 18.5 Å². The average Bonchev–Trinajstić information content (AvgIpc) is 2.47. The van der Waals surface area contributed by atoms with E-state index in [9.17, 15) is 5.11 Å². The molecule has 2 rings (SSSR count). The molecule has 2 unspecified atom stereocenters. The minimum absolute atomic E-state index is 0.125. The minimum Gasteiger partial charge on any atom is -0.394 e. The molecule has 98 valence electrons. The van der Waals surface area contributed by atoms with E-state index < -0.39 is 0 Å². The number of benzene rings is 1. The van der Waals surface area contributed by atoms with Crippen molar-refractivity contribution in [3.8, 4) is 0 Å². The lowest BCUT2D eigenvalue weighted by molar-refractivity contribution is 0.168. The zero-order valence-electron chi connectivity index (χ0n) is 11.1. The van der Waals surface area contributed by atoms with E-state index in [1.165, 1.54) is 12.8 Å². The summed E-state index contributed by atoms with van der Waals surface area (Å²) in [4.78, 5) is 0. The Bertz CT molecular complexity index is 387. The Balaban J connectivity index is 1.98. The highest BCUT2D eigenvalue weighted by atomic mass is 16.3. The van der Waals surface area contributed by atoms with Crippen molar-refractivity contribution in [2.45, 2.75) is 31.7 Å². The van der Waals surface area contributed by atoms with Crippen LogP contribution in [0.25, 0.3) is 0 Å². The zero-order valence-corrected chi connectivity index (χ0v) is 11.1. The Morgan fingerprint density at radius 1 is 1.28 bits per heavy atom. The van der Waals surface area contributed by atoms with Crippen LogP contribution in [0.2, 0.25) is 0 Å². The fourth-order valence-corrected chi connectivity index (χ4v) is 2.47. The van der Waals surface area contributed by atoms with E-state index in [-0.39, 0.29) is 12.1 Å². The van der Waals surface area contributed by atoms with E-state index in [0.29, 0.717) is 5.92 Å².